The fourth-order valence-electron chi connectivity index (χ4n) is 4.02. The summed E-state index contributed by atoms with van der Waals surface area (Å²) in [6.07, 6.45) is 2.29. The molecule has 3 aromatic carbocycles. The van der Waals surface area contributed by atoms with E-state index in [9.17, 15) is 18.0 Å². The van der Waals surface area contributed by atoms with Crippen LogP contribution in [0.15, 0.2) is 83.8 Å². The van der Waals surface area contributed by atoms with Crippen LogP contribution in [0, 0.1) is 0 Å². The summed E-state index contributed by atoms with van der Waals surface area (Å²) in [5.74, 6) is -1.06. The number of carbonyl (C=O) groups excluding carboxylic acids is 2. The smallest absolute Gasteiger partial charge is 0.338 e. The number of aryl methyl sites for hydroxylation is 1. The number of nitrogens with zero attached hydrogens (tertiary/aromatic N) is 1. The third-order valence-electron chi connectivity index (χ3n) is 5.97. The van der Waals surface area contributed by atoms with Crippen LogP contribution >= 0.6 is 0 Å². The van der Waals surface area contributed by atoms with Gasteiger partial charge < -0.3 is 10.1 Å². The van der Waals surface area contributed by atoms with Gasteiger partial charge in [-0.05, 0) is 60.2 Å². The normalized spacial score (nSPS) is 13.6. The average Bonchev–Trinajstić information content (AvgIpc) is 2.90. The topological polar surface area (TPSA) is 92.8 Å². The lowest BCUT2D eigenvalue weighted by Gasteiger charge is -2.28. The molecule has 0 atom stereocenters. The van der Waals surface area contributed by atoms with Crippen LogP contribution in [-0.2, 0) is 38.9 Å². The van der Waals surface area contributed by atoms with Crippen LogP contribution in [0.3, 0.4) is 0 Å². The zero-order valence-corrected chi connectivity index (χ0v) is 20.2. The van der Waals surface area contributed by atoms with E-state index < -0.39 is 22.6 Å². The van der Waals surface area contributed by atoms with E-state index in [0.29, 0.717) is 26.1 Å². The lowest BCUT2D eigenvalue weighted by atomic mass is 10.0. The molecule has 0 aliphatic carbocycles. The van der Waals surface area contributed by atoms with Crippen LogP contribution in [0.2, 0.25) is 0 Å². The summed E-state index contributed by atoms with van der Waals surface area (Å²) in [6.45, 7) is 0.822. The molecule has 182 valence electrons. The van der Waals surface area contributed by atoms with Crippen molar-refractivity contribution in [2.24, 2.45) is 0 Å². The molecule has 1 aliphatic heterocycles. The van der Waals surface area contributed by atoms with Gasteiger partial charge in [0.05, 0.1) is 10.5 Å². The summed E-state index contributed by atoms with van der Waals surface area (Å²) in [4.78, 5) is 24.4. The highest BCUT2D eigenvalue weighted by molar-refractivity contribution is 7.89. The minimum atomic E-state index is -3.69. The number of hydrogen-bond acceptors (Lipinski definition) is 5. The number of esters is 1. The largest absolute Gasteiger partial charge is 0.452 e. The highest BCUT2D eigenvalue weighted by atomic mass is 32.2. The van der Waals surface area contributed by atoms with Crippen molar-refractivity contribution in [2.45, 2.75) is 30.7 Å². The van der Waals surface area contributed by atoms with Gasteiger partial charge >= 0.3 is 5.97 Å². The van der Waals surface area contributed by atoms with Gasteiger partial charge in [-0.3, -0.25) is 4.79 Å². The Kier molecular flexibility index (Phi) is 7.94. The number of hydrogen-bond donors (Lipinski definition) is 1. The minimum absolute atomic E-state index is 0.115. The molecule has 35 heavy (non-hydrogen) atoms. The summed E-state index contributed by atoms with van der Waals surface area (Å²) in [7, 11) is -3.69. The highest BCUT2D eigenvalue weighted by Gasteiger charge is 2.28. The SMILES string of the molecule is O=C(COC(=O)c1ccc(S(=O)(=O)N2CCc3ccccc3C2)cc1)NCCCc1ccccc1. The Labute approximate surface area is 205 Å². The van der Waals surface area contributed by atoms with E-state index in [1.807, 2.05) is 54.6 Å². The van der Waals surface area contributed by atoms with Crippen molar-refractivity contribution in [3.63, 3.8) is 0 Å². The summed E-state index contributed by atoms with van der Waals surface area (Å²) in [6, 6.07) is 23.4. The predicted molar refractivity (Wildman–Crippen MR) is 132 cm³/mol. The molecule has 0 bridgehead atoms. The average molecular weight is 493 g/mol. The maximum atomic E-state index is 13.1. The maximum absolute atomic E-state index is 13.1. The Morgan fingerprint density at radius 1 is 0.886 bits per heavy atom. The van der Waals surface area contributed by atoms with E-state index in [-0.39, 0.29) is 16.4 Å². The summed E-state index contributed by atoms with van der Waals surface area (Å²) < 4.78 is 32.7. The molecule has 8 heteroatoms. The number of benzene rings is 3. The number of ether oxygens (including phenoxy) is 1. The quantitative estimate of drug-likeness (QED) is 0.365. The molecule has 1 heterocycles. The van der Waals surface area contributed by atoms with Crippen LogP contribution < -0.4 is 5.32 Å². The first-order valence-corrected chi connectivity index (χ1v) is 13.0. The molecule has 0 saturated carbocycles. The molecule has 0 aromatic heterocycles. The summed E-state index contributed by atoms with van der Waals surface area (Å²) in [5.41, 5.74) is 3.55. The first kappa shape index (κ1) is 24.6. The van der Waals surface area contributed by atoms with Gasteiger partial charge in [0.25, 0.3) is 5.91 Å². The van der Waals surface area contributed by atoms with Gasteiger partial charge in [-0.2, -0.15) is 4.31 Å². The van der Waals surface area contributed by atoms with Gasteiger partial charge in [0.1, 0.15) is 0 Å². The van der Waals surface area contributed by atoms with Gasteiger partial charge in [-0.25, -0.2) is 13.2 Å². The minimum Gasteiger partial charge on any atom is -0.452 e. The first-order chi connectivity index (χ1) is 16.9. The molecule has 0 spiro atoms. The van der Waals surface area contributed by atoms with Crippen molar-refractivity contribution in [3.05, 3.63) is 101 Å². The molecule has 0 saturated heterocycles. The third kappa shape index (κ3) is 6.35. The van der Waals surface area contributed by atoms with Crippen molar-refractivity contribution < 1.29 is 22.7 Å². The van der Waals surface area contributed by atoms with Crippen LogP contribution in [-0.4, -0.2) is 44.3 Å². The number of amides is 1. The van der Waals surface area contributed by atoms with Crippen molar-refractivity contribution >= 4 is 21.9 Å². The van der Waals surface area contributed by atoms with Gasteiger partial charge in [-0.15, -0.1) is 0 Å². The van der Waals surface area contributed by atoms with Crippen LogP contribution in [0.25, 0.3) is 0 Å². The van der Waals surface area contributed by atoms with Crippen molar-refractivity contribution in [1.29, 1.82) is 0 Å². The molecular formula is C27H28N2O5S. The van der Waals surface area contributed by atoms with Gasteiger partial charge in [0, 0.05) is 19.6 Å². The Bertz CT molecular complexity index is 1270. The fraction of sp³-hybridized carbons (Fsp3) is 0.259. The molecule has 3 aromatic rings. The molecule has 7 nitrogen and oxygen atoms in total. The second-order valence-corrected chi connectivity index (χ2v) is 10.3. The molecule has 1 N–H and O–H groups in total. The van der Waals surface area contributed by atoms with Crippen molar-refractivity contribution in [2.75, 3.05) is 19.7 Å². The van der Waals surface area contributed by atoms with E-state index in [0.717, 1.165) is 24.0 Å². The van der Waals surface area contributed by atoms with Crippen LogP contribution in [0.5, 0.6) is 0 Å². The van der Waals surface area contributed by atoms with Crippen molar-refractivity contribution in [1.82, 2.24) is 9.62 Å². The molecule has 1 aliphatic rings. The van der Waals surface area contributed by atoms with Gasteiger partial charge in [0.2, 0.25) is 10.0 Å². The molecule has 1 amide bonds. The number of sulfonamides is 1. The number of fused-ring (bicyclic) bond motifs is 1. The summed E-state index contributed by atoms with van der Waals surface area (Å²) >= 11 is 0. The Morgan fingerprint density at radius 2 is 1.57 bits per heavy atom. The zero-order valence-electron chi connectivity index (χ0n) is 19.4. The molecule has 0 radical (unpaired) electrons. The molecular weight excluding hydrogens is 464 g/mol. The van der Waals surface area contributed by atoms with Gasteiger partial charge in [-0.1, -0.05) is 54.6 Å². The van der Waals surface area contributed by atoms with Crippen LogP contribution in [0.4, 0.5) is 0 Å². The fourth-order valence-corrected chi connectivity index (χ4v) is 5.44. The number of rotatable bonds is 9. The van der Waals surface area contributed by atoms with E-state index >= 15 is 0 Å². The van der Waals surface area contributed by atoms with Crippen LogP contribution in [0.1, 0.15) is 33.5 Å². The second kappa shape index (κ2) is 11.3. The van der Waals surface area contributed by atoms with E-state index in [4.69, 9.17) is 4.74 Å². The Hall–Kier alpha value is -3.49. The lowest BCUT2D eigenvalue weighted by Crippen LogP contribution is -2.35. The van der Waals surface area contributed by atoms with Crippen molar-refractivity contribution in [3.8, 4) is 0 Å². The third-order valence-corrected chi connectivity index (χ3v) is 7.82. The molecule has 4 rings (SSSR count). The number of nitrogens with one attached hydrogen (secondary N) is 1. The van der Waals surface area contributed by atoms with E-state index in [1.54, 1.807) is 0 Å². The first-order valence-electron chi connectivity index (χ1n) is 11.6. The molecule has 0 fully saturated rings. The maximum Gasteiger partial charge on any atom is 0.338 e. The van der Waals surface area contributed by atoms with E-state index in [1.165, 1.54) is 34.1 Å². The highest BCUT2D eigenvalue weighted by Crippen LogP contribution is 2.25. The summed E-state index contributed by atoms with van der Waals surface area (Å²) in [5, 5.41) is 2.73. The predicted octanol–water partition coefficient (Wildman–Crippen LogP) is 3.34. The molecule has 0 unspecified atom stereocenters. The second-order valence-electron chi connectivity index (χ2n) is 8.40. The standard InChI is InChI=1S/C27H28N2O5S/c30-26(28-17-6-9-21-7-2-1-3-8-21)20-34-27(31)23-12-14-25(15-13-23)35(32,33)29-18-16-22-10-4-5-11-24(22)19-29/h1-5,7-8,10-15H,6,9,16-20H2,(H,28,30). The Morgan fingerprint density at radius 3 is 2.31 bits per heavy atom. The number of carbonyl (C=O) groups is 2. The lowest BCUT2D eigenvalue weighted by molar-refractivity contribution is -0.124. The van der Waals surface area contributed by atoms with Gasteiger partial charge in [0.15, 0.2) is 6.61 Å². The zero-order chi connectivity index (χ0) is 24.7. The monoisotopic (exact) mass is 492 g/mol. The van der Waals surface area contributed by atoms with E-state index in [2.05, 4.69) is 5.32 Å². The Balaban J connectivity index is 1.25.